The zero-order chi connectivity index (χ0) is 42.8. The van der Waals surface area contributed by atoms with Crippen molar-refractivity contribution in [2.75, 3.05) is 26.3 Å². The maximum atomic E-state index is 13.3. The minimum atomic E-state index is -0.693. The molecule has 0 bridgehead atoms. The molecule has 2 aromatic heterocycles. The predicted molar refractivity (Wildman–Crippen MR) is 227 cm³/mol. The Morgan fingerprint density at radius 2 is 1.03 bits per heavy atom. The molecule has 2 aliphatic carbocycles. The molecule has 8 rings (SSSR count). The number of hydrogen-bond donors (Lipinski definition) is 4. The molecule has 4 N–H and O–H groups in total. The normalized spacial score (nSPS) is 27.4. The molecule has 4 amide bonds. The number of carbonyl (C=O) groups is 4. The maximum absolute atomic E-state index is 13.3. The van der Waals surface area contributed by atoms with E-state index >= 15 is 0 Å². The summed E-state index contributed by atoms with van der Waals surface area (Å²) < 4.78 is 3.45. The lowest BCUT2D eigenvalue weighted by atomic mass is 9.88. The Hall–Kier alpha value is -4.82. The molecule has 6 heterocycles. The first kappa shape index (κ1) is 43.3. The third-order valence-corrected chi connectivity index (χ3v) is 13.4. The third-order valence-electron chi connectivity index (χ3n) is 13.4. The second-order valence-electron chi connectivity index (χ2n) is 17.5. The van der Waals surface area contributed by atoms with Crippen LogP contribution in [-0.4, -0.2) is 91.2 Å². The first-order chi connectivity index (χ1) is 29.0. The van der Waals surface area contributed by atoms with Crippen LogP contribution in [-0.2, 0) is 32.3 Å². The van der Waals surface area contributed by atoms with Gasteiger partial charge < -0.3 is 39.8 Å². The average molecular weight is 827 g/mol. The highest BCUT2D eigenvalue weighted by Gasteiger charge is 2.59. The van der Waals surface area contributed by atoms with Gasteiger partial charge in [-0.25, -0.2) is 0 Å². The van der Waals surface area contributed by atoms with Crippen molar-refractivity contribution < 1.29 is 29.4 Å². The van der Waals surface area contributed by atoms with Crippen molar-refractivity contribution in [3.63, 3.8) is 0 Å². The summed E-state index contributed by atoms with van der Waals surface area (Å²) in [5.74, 6) is -0.778. The highest BCUT2D eigenvalue weighted by molar-refractivity contribution is 5.90. The molecule has 0 radical (unpaired) electrons. The molecular formula is C46H62N6O8. The van der Waals surface area contributed by atoms with E-state index in [0.717, 1.165) is 49.9 Å². The highest BCUT2D eigenvalue weighted by atomic mass is 16.3. The number of aliphatic hydroxyl groups excluding tert-OH is 2. The van der Waals surface area contributed by atoms with E-state index < -0.39 is 12.1 Å². The number of hydrogen-bond acceptors (Lipinski definition) is 8. The minimum absolute atomic E-state index is 0.0430. The molecule has 0 unspecified atom stereocenters. The quantitative estimate of drug-likeness (QED) is 0.224. The number of carbonyl (C=O) groups excluding carboxylic acids is 4. The predicted octanol–water partition coefficient (Wildman–Crippen LogP) is 3.40. The number of aliphatic hydroxyl groups is 2. The molecule has 0 spiro atoms. The second kappa shape index (κ2) is 18.4. The van der Waals surface area contributed by atoms with Gasteiger partial charge in [0.05, 0.1) is 12.1 Å². The SMILES string of the molecule is C/C=C/c1ccc2n(c1=O)C[C@@H]1[C@@H](CO)[C@H](C(=O)NCCC)N(C(=O)CC3CC3)[C@H]21.C/C=C\c1ccc2n(c1=O)C[C@@H]1[C@@H](CO)[C@H](C(=O)NCCC)N(C(=O)CC3CC3)[C@H]21. The van der Waals surface area contributed by atoms with Crippen molar-refractivity contribution in [1.29, 1.82) is 0 Å². The number of pyridine rings is 2. The molecule has 4 aliphatic heterocycles. The van der Waals surface area contributed by atoms with Crippen LogP contribution in [0.25, 0.3) is 12.2 Å². The summed E-state index contributed by atoms with van der Waals surface area (Å²) in [6, 6.07) is 5.30. The largest absolute Gasteiger partial charge is 0.396 e. The Kier molecular flexibility index (Phi) is 13.3. The van der Waals surface area contributed by atoms with E-state index in [1.807, 2.05) is 52.0 Å². The van der Waals surface area contributed by atoms with Crippen molar-refractivity contribution in [3.05, 3.63) is 79.6 Å². The summed E-state index contributed by atoms with van der Waals surface area (Å²) in [5.41, 5.74) is 2.58. The number of amides is 4. The van der Waals surface area contributed by atoms with Gasteiger partial charge in [-0.15, -0.1) is 0 Å². The van der Waals surface area contributed by atoms with E-state index in [-0.39, 0.29) is 83.7 Å². The zero-order valence-corrected chi connectivity index (χ0v) is 35.4. The lowest BCUT2D eigenvalue weighted by molar-refractivity contribution is -0.142. The van der Waals surface area contributed by atoms with Crippen LogP contribution in [0.15, 0.2) is 46.0 Å². The Balaban J connectivity index is 0.000000181. The van der Waals surface area contributed by atoms with Gasteiger partial charge in [-0.05, 0) is 88.5 Å². The van der Waals surface area contributed by atoms with Gasteiger partial charge in [0.15, 0.2) is 0 Å². The minimum Gasteiger partial charge on any atom is -0.396 e. The fraction of sp³-hybridized carbons (Fsp3) is 0.609. The van der Waals surface area contributed by atoms with Crippen molar-refractivity contribution in [1.82, 2.24) is 29.6 Å². The topological polar surface area (TPSA) is 183 Å². The van der Waals surface area contributed by atoms with Crippen LogP contribution >= 0.6 is 0 Å². The lowest BCUT2D eigenvalue weighted by Gasteiger charge is -2.31. The van der Waals surface area contributed by atoms with E-state index in [9.17, 15) is 39.0 Å². The Labute approximate surface area is 351 Å². The first-order valence-electron chi connectivity index (χ1n) is 22.1. The van der Waals surface area contributed by atoms with Crippen LogP contribution in [0.4, 0.5) is 0 Å². The number of likely N-dealkylation sites (tertiary alicyclic amines) is 2. The van der Waals surface area contributed by atoms with Crippen LogP contribution < -0.4 is 21.8 Å². The van der Waals surface area contributed by atoms with Gasteiger partial charge in [0.2, 0.25) is 23.6 Å². The summed E-state index contributed by atoms with van der Waals surface area (Å²) in [4.78, 5) is 82.1. The van der Waals surface area contributed by atoms with E-state index in [0.29, 0.717) is 62.0 Å². The summed E-state index contributed by atoms with van der Waals surface area (Å²) in [5, 5.41) is 26.3. The molecule has 324 valence electrons. The van der Waals surface area contributed by atoms with E-state index in [2.05, 4.69) is 10.6 Å². The molecule has 8 atom stereocenters. The highest BCUT2D eigenvalue weighted by Crippen LogP contribution is 2.51. The summed E-state index contributed by atoms with van der Waals surface area (Å²) >= 11 is 0. The van der Waals surface area contributed by atoms with Crippen molar-refractivity contribution >= 4 is 35.8 Å². The van der Waals surface area contributed by atoms with Crippen molar-refractivity contribution in [2.24, 2.45) is 35.5 Å². The molecule has 14 nitrogen and oxygen atoms in total. The van der Waals surface area contributed by atoms with Crippen LogP contribution in [0.3, 0.4) is 0 Å². The van der Waals surface area contributed by atoms with E-state index in [4.69, 9.17) is 0 Å². The zero-order valence-electron chi connectivity index (χ0n) is 35.4. The number of allylic oxidation sites excluding steroid dienone is 2. The fourth-order valence-corrected chi connectivity index (χ4v) is 10.2. The van der Waals surface area contributed by atoms with Gasteiger partial charge in [-0.2, -0.15) is 0 Å². The standard InChI is InChI=1S/2C23H31N3O4/c2*1-3-5-15-8-9-18-20-16(12-25(18)23(15)30)17(13-27)21(22(29)24-10-4-2)26(20)19(28)11-14-6-7-14/h2*3,5,8-9,14,16-17,20-21,27H,4,6-7,10-13H2,1-2H3,(H,24,29)/b5-3+;5-3-/t2*16-,17-,20+,21-/m11/s1. The number of nitrogens with zero attached hydrogens (tertiary/aromatic N) is 4. The first-order valence-corrected chi connectivity index (χ1v) is 22.1. The summed E-state index contributed by atoms with van der Waals surface area (Å²) in [6.07, 6.45) is 13.9. The third kappa shape index (κ3) is 8.16. The van der Waals surface area contributed by atoms with Crippen LogP contribution in [0, 0.1) is 35.5 Å². The van der Waals surface area contributed by atoms with Gasteiger partial charge in [0.25, 0.3) is 11.1 Å². The average Bonchev–Trinajstić information content (AvgIpc) is 4.10. The lowest BCUT2D eigenvalue weighted by Crippen LogP contribution is -2.50. The Bertz CT molecular complexity index is 1980. The van der Waals surface area contributed by atoms with Crippen LogP contribution in [0.5, 0.6) is 0 Å². The van der Waals surface area contributed by atoms with E-state index in [1.54, 1.807) is 43.2 Å². The molecular weight excluding hydrogens is 765 g/mol. The number of nitrogens with one attached hydrogen (secondary N) is 2. The van der Waals surface area contributed by atoms with Crippen LogP contribution in [0.2, 0.25) is 0 Å². The van der Waals surface area contributed by atoms with Crippen molar-refractivity contribution in [3.8, 4) is 0 Å². The summed E-state index contributed by atoms with van der Waals surface area (Å²) in [6.45, 7) is 9.22. The molecule has 0 aromatic carbocycles. The van der Waals surface area contributed by atoms with Gasteiger partial charge in [0, 0.05) is 98.4 Å². The molecule has 2 aromatic rings. The van der Waals surface area contributed by atoms with Crippen molar-refractivity contribution in [2.45, 2.75) is 116 Å². The maximum Gasteiger partial charge on any atom is 0.258 e. The molecule has 2 saturated heterocycles. The molecule has 2 saturated carbocycles. The van der Waals surface area contributed by atoms with Crippen LogP contribution in [0.1, 0.15) is 114 Å². The molecule has 4 fully saturated rings. The van der Waals surface area contributed by atoms with Gasteiger partial charge in [-0.3, -0.25) is 28.8 Å². The number of fused-ring (bicyclic) bond motifs is 6. The number of rotatable bonds is 14. The van der Waals surface area contributed by atoms with E-state index in [1.165, 1.54) is 0 Å². The fourth-order valence-electron chi connectivity index (χ4n) is 10.2. The molecule has 6 aliphatic rings. The number of aromatic nitrogens is 2. The molecule has 60 heavy (non-hydrogen) atoms. The summed E-state index contributed by atoms with van der Waals surface area (Å²) in [7, 11) is 0. The second-order valence-corrected chi connectivity index (χ2v) is 17.5. The Morgan fingerprint density at radius 3 is 1.35 bits per heavy atom. The van der Waals surface area contributed by atoms with Gasteiger partial charge >= 0.3 is 0 Å². The Morgan fingerprint density at radius 1 is 0.650 bits per heavy atom. The van der Waals surface area contributed by atoms with Gasteiger partial charge in [0.1, 0.15) is 12.1 Å². The smallest absolute Gasteiger partial charge is 0.258 e. The van der Waals surface area contributed by atoms with Gasteiger partial charge in [-0.1, -0.05) is 38.2 Å². The molecule has 14 heteroatoms. The monoisotopic (exact) mass is 826 g/mol.